The van der Waals surface area contributed by atoms with Gasteiger partial charge >= 0.3 is 0 Å². The molecular weight excluding hydrogens is 268 g/mol. The monoisotopic (exact) mass is 290 g/mol. The fraction of sp³-hybridized carbons (Fsp3) is 0.818. The van der Waals surface area contributed by atoms with Gasteiger partial charge in [-0.1, -0.05) is 0 Å². The standard InChI is InChI=1S/C11H22N4O3S/c1-10(2)19(16,17)7-5-15-11(13-9-14-15)8-12-4-6-18-3/h9-10,12H,4-8H2,1-3H3. The average molecular weight is 290 g/mol. The minimum atomic E-state index is -3.05. The van der Waals surface area contributed by atoms with Crippen molar-refractivity contribution in [1.29, 1.82) is 0 Å². The van der Waals surface area contributed by atoms with Crippen molar-refractivity contribution >= 4 is 9.84 Å². The Labute approximate surface area is 114 Å². The van der Waals surface area contributed by atoms with Gasteiger partial charge < -0.3 is 10.1 Å². The van der Waals surface area contributed by atoms with Crippen molar-refractivity contribution in [1.82, 2.24) is 20.1 Å². The first-order chi connectivity index (χ1) is 8.97. The third-order valence-corrected chi connectivity index (χ3v) is 4.96. The summed E-state index contributed by atoms with van der Waals surface area (Å²) in [6.07, 6.45) is 1.44. The van der Waals surface area contributed by atoms with Crippen molar-refractivity contribution in [3.05, 3.63) is 12.2 Å². The zero-order chi connectivity index (χ0) is 14.3. The molecule has 1 aromatic heterocycles. The predicted molar refractivity (Wildman–Crippen MR) is 72.5 cm³/mol. The van der Waals surface area contributed by atoms with Crippen LogP contribution in [0.3, 0.4) is 0 Å². The van der Waals surface area contributed by atoms with Crippen LogP contribution >= 0.6 is 0 Å². The van der Waals surface area contributed by atoms with Crippen LogP contribution in [0.2, 0.25) is 0 Å². The largest absolute Gasteiger partial charge is 0.383 e. The fourth-order valence-electron chi connectivity index (χ4n) is 1.44. The molecular formula is C11H22N4O3S. The first-order valence-electron chi connectivity index (χ1n) is 6.25. The number of aryl methyl sites for hydroxylation is 1. The van der Waals surface area contributed by atoms with Crippen molar-refractivity contribution in [3.63, 3.8) is 0 Å². The summed E-state index contributed by atoms with van der Waals surface area (Å²) >= 11 is 0. The van der Waals surface area contributed by atoms with Crippen molar-refractivity contribution in [2.24, 2.45) is 0 Å². The lowest BCUT2D eigenvalue weighted by atomic mass is 10.5. The van der Waals surface area contributed by atoms with Gasteiger partial charge in [0.1, 0.15) is 12.2 Å². The molecule has 0 fully saturated rings. The topological polar surface area (TPSA) is 86.1 Å². The number of sulfone groups is 1. The summed E-state index contributed by atoms with van der Waals surface area (Å²) in [6.45, 7) is 5.59. The Morgan fingerprint density at radius 3 is 2.84 bits per heavy atom. The Hall–Kier alpha value is -0.990. The number of aromatic nitrogens is 3. The summed E-state index contributed by atoms with van der Waals surface area (Å²) in [5.41, 5.74) is 0. The molecule has 0 saturated carbocycles. The fourth-order valence-corrected chi connectivity index (χ4v) is 2.33. The third kappa shape index (κ3) is 5.25. The van der Waals surface area contributed by atoms with Crippen molar-refractivity contribution in [2.75, 3.05) is 26.0 Å². The highest BCUT2D eigenvalue weighted by molar-refractivity contribution is 7.91. The smallest absolute Gasteiger partial charge is 0.154 e. The van der Waals surface area contributed by atoms with E-state index in [0.29, 0.717) is 26.2 Å². The SMILES string of the molecule is COCCNCc1ncnn1CCS(=O)(=O)C(C)C. The van der Waals surface area contributed by atoms with E-state index in [2.05, 4.69) is 15.4 Å². The van der Waals surface area contributed by atoms with Crippen LogP contribution in [0.4, 0.5) is 0 Å². The van der Waals surface area contributed by atoms with Crippen LogP contribution in [0.5, 0.6) is 0 Å². The van der Waals surface area contributed by atoms with Crippen LogP contribution in [-0.4, -0.2) is 54.4 Å². The van der Waals surface area contributed by atoms with Gasteiger partial charge in [-0.15, -0.1) is 0 Å². The van der Waals surface area contributed by atoms with Crippen LogP contribution in [-0.2, 0) is 27.7 Å². The van der Waals surface area contributed by atoms with Crippen LogP contribution in [0.25, 0.3) is 0 Å². The Bertz CT molecular complexity index is 470. The maximum atomic E-state index is 11.7. The van der Waals surface area contributed by atoms with E-state index in [1.807, 2.05) is 0 Å². The number of ether oxygens (including phenoxy) is 1. The molecule has 1 rings (SSSR count). The molecule has 1 heterocycles. The number of nitrogens with one attached hydrogen (secondary N) is 1. The number of hydrogen-bond acceptors (Lipinski definition) is 6. The van der Waals surface area contributed by atoms with Gasteiger partial charge in [-0.2, -0.15) is 5.10 Å². The van der Waals surface area contributed by atoms with Gasteiger partial charge in [0.2, 0.25) is 0 Å². The molecule has 0 saturated heterocycles. The molecule has 0 bridgehead atoms. The van der Waals surface area contributed by atoms with Crippen molar-refractivity contribution in [2.45, 2.75) is 32.2 Å². The second-order valence-electron chi connectivity index (χ2n) is 4.48. The van der Waals surface area contributed by atoms with Gasteiger partial charge in [-0.25, -0.2) is 18.1 Å². The normalized spacial score (nSPS) is 12.2. The molecule has 0 spiro atoms. The molecule has 0 atom stereocenters. The van der Waals surface area contributed by atoms with Gasteiger partial charge in [0.05, 0.1) is 30.7 Å². The number of methoxy groups -OCH3 is 1. The second kappa shape index (κ2) is 7.56. The van der Waals surface area contributed by atoms with Crippen LogP contribution in [0.1, 0.15) is 19.7 Å². The molecule has 0 amide bonds. The zero-order valence-electron chi connectivity index (χ0n) is 11.7. The molecule has 0 radical (unpaired) electrons. The minimum Gasteiger partial charge on any atom is -0.383 e. The third-order valence-electron chi connectivity index (χ3n) is 2.77. The molecule has 1 aromatic rings. The molecule has 0 aliphatic rings. The van der Waals surface area contributed by atoms with E-state index in [1.54, 1.807) is 25.6 Å². The summed E-state index contributed by atoms with van der Waals surface area (Å²) in [4.78, 5) is 4.11. The Balaban J connectivity index is 2.49. The highest BCUT2D eigenvalue weighted by atomic mass is 32.2. The first kappa shape index (κ1) is 16.1. The molecule has 110 valence electrons. The highest BCUT2D eigenvalue weighted by Crippen LogP contribution is 2.03. The van der Waals surface area contributed by atoms with Gasteiger partial charge in [0.25, 0.3) is 0 Å². The summed E-state index contributed by atoms with van der Waals surface area (Å²) < 4.78 is 30.0. The molecule has 1 N–H and O–H groups in total. The lowest BCUT2D eigenvalue weighted by Gasteiger charge is -2.09. The van der Waals surface area contributed by atoms with Crippen LogP contribution in [0, 0.1) is 0 Å². The Morgan fingerprint density at radius 2 is 2.21 bits per heavy atom. The number of hydrogen-bond donors (Lipinski definition) is 1. The summed E-state index contributed by atoms with van der Waals surface area (Å²) in [6, 6.07) is 0. The van der Waals surface area contributed by atoms with E-state index in [4.69, 9.17) is 4.74 Å². The first-order valence-corrected chi connectivity index (χ1v) is 7.97. The predicted octanol–water partition coefficient (Wildman–Crippen LogP) is -0.163. The Morgan fingerprint density at radius 1 is 1.47 bits per heavy atom. The van der Waals surface area contributed by atoms with E-state index in [1.165, 1.54) is 6.33 Å². The van der Waals surface area contributed by atoms with E-state index in [-0.39, 0.29) is 11.0 Å². The average Bonchev–Trinajstić information content (AvgIpc) is 2.79. The lowest BCUT2D eigenvalue weighted by molar-refractivity contribution is 0.198. The van der Waals surface area contributed by atoms with E-state index in [0.717, 1.165) is 5.82 Å². The minimum absolute atomic E-state index is 0.0824. The van der Waals surface area contributed by atoms with Gasteiger partial charge in [0.15, 0.2) is 9.84 Å². The molecule has 0 unspecified atom stereocenters. The zero-order valence-corrected chi connectivity index (χ0v) is 12.5. The van der Waals surface area contributed by atoms with Crippen molar-refractivity contribution < 1.29 is 13.2 Å². The van der Waals surface area contributed by atoms with E-state index >= 15 is 0 Å². The summed E-state index contributed by atoms with van der Waals surface area (Å²) in [5, 5.41) is 6.84. The van der Waals surface area contributed by atoms with Gasteiger partial charge in [0, 0.05) is 13.7 Å². The molecule has 8 heteroatoms. The van der Waals surface area contributed by atoms with Crippen LogP contribution in [0.15, 0.2) is 6.33 Å². The van der Waals surface area contributed by atoms with E-state index in [9.17, 15) is 8.42 Å². The molecule has 7 nitrogen and oxygen atoms in total. The molecule has 0 aliphatic carbocycles. The quantitative estimate of drug-likeness (QED) is 0.636. The highest BCUT2D eigenvalue weighted by Gasteiger charge is 2.16. The van der Waals surface area contributed by atoms with Crippen molar-refractivity contribution in [3.8, 4) is 0 Å². The summed E-state index contributed by atoms with van der Waals surface area (Å²) in [5.74, 6) is 0.814. The molecule has 19 heavy (non-hydrogen) atoms. The lowest BCUT2D eigenvalue weighted by Crippen LogP contribution is -2.25. The number of rotatable bonds is 9. The Kier molecular flexibility index (Phi) is 6.40. The van der Waals surface area contributed by atoms with Gasteiger partial charge in [-0.3, -0.25) is 0 Å². The number of nitrogens with zero attached hydrogens (tertiary/aromatic N) is 3. The van der Waals surface area contributed by atoms with Gasteiger partial charge in [-0.05, 0) is 13.8 Å². The summed E-state index contributed by atoms with van der Waals surface area (Å²) in [7, 11) is -1.41. The van der Waals surface area contributed by atoms with Crippen LogP contribution < -0.4 is 5.32 Å². The maximum Gasteiger partial charge on any atom is 0.154 e. The molecule has 0 aromatic carbocycles. The van der Waals surface area contributed by atoms with E-state index < -0.39 is 9.84 Å². The second-order valence-corrected chi connectivity index (χ2v) is 7.16. The maximum absolute atomic E-state index is 11.7. The molecule has 0 aliphatic heterocycles.